The van der Waals surface area contributed by atoms with Crippen molar-refractivity contribution in [1.82, 2.24) is 0 Å². The van der Waals surface area contributed by atoms with E-state index in [1.807, 2.05) is 6.07 Å². The van der Waals surface area contributed by atoms with Gasteiger partial charge in [0.1, 0.15) is 5.82 Å². The van der Waals surface area contributed by atoms with Gasteiger partial charge >= 0.3 is 0 Å². The lowest BCUT2D eigenvalue weighted by Gasteiger charge is -2.14. The smallest absolute Gasteiger partial charge is 0.161 e. The van der Waals surface area contributed by atoms with E-state index in [4.69, 9.17) is 21.1 Å². The maximum atomic E-state index is 13.4. The third-order valence-electron chi connectivity index (χ3n) is 2.88. The van der Waals surface area contributed by atoms with Gasteiger partial charge < -0.3 is 9.47 Å². The largest absolute Gasteiger partial charge is 0.493 e. The van der Waals surface area contributed by atoms with Crippen LogP contribution in [-0.4, -0.2) is 14.2 Å². The van der Waals surface area contributed by atoms with Crippen LogP contribution in [-0.2, 0) is 0 Å². The van der Waals surface area contributed by atoms with Crippen LogP contribution < -0.4 is 9.47 Å². The van der Waals surface area contributed by atoms with Crippen LogP contribution in [0.15, 0.2) is 40.9 Å². The second-order valence-corrected chi connectivity index (χ2v) is 5.53. The first-order valence-corrected chi connectivity index (χ1v) is 7.10. The topological polar surface area (TPSA) is 18.5 Å². The Morgan fingerprint density at radius 1 is 1.00 bits per heavy atom. The molecule has 0 bridgehead atoms. The summed E-state index contributed by atoms with van der Waals surface area (Å²) < 4.78 is 24.5. The number of ether oxygens (including phenoxy) is 2. The average molecular weight is 360 g/mol. The van der Waals surface area contributed by atoms with E-state index < -0.39 is 5.38 Å². The summed E-state index contributed by atoms with van der Waals surface area (Å²) in [6.45, 7) is 0. The molecule has 0 aromatic heterocycles. The molecule has 0 aliphatic rings. The Bertz CT molecular complexity index is 599. The van der Waals surface area contributed by atoms with Gasteiger partial charge in [0, 0.05) is 4.47 Å². The molecule has 2 rings (SSSR count). The molecule has 106 valence electrons. The third-order valence-corrected chi connectivity index (χ3v) is 3.84. The second kappa shape index (κ2) is 6.46. The van der Waals surface area contributed by atoms with E-state index in [0.29, 0.717) is 21.5 Å². The Kier molecular flexibility index (Phi) is 4.89. The number of alkyl halides is 1. The summed E-state index contributed by atoms with van der Waals surface area (Å²) in [6.07, 6.45) is 0. The van der Waals surface area contributed by atoms with Gasteiger partial charge in [-0.15, -0.1) is 11.6 Å². The van der Waals surface area contributed by atoms with Crippen LogP contribution in [0.5, 0.6) is 11.5 Å². The van der Waals surface area contributed by atoms with Crippen LogP contribution in [0.1, 0.15) is 16.5 Å². The van der Waals surface area contributed by atoms with Crippen LogP contribution in [0.25, 0.3) is 0 Å². The number of hydrogen-bond donors (Lipinski definition) is 0. The van der Waals surface area contributed by atoms with Crippen molar-refractivity contribution in [2.45, 2.75) is 5.38 Å². The zero-order valence-electron chi connectivity index (χ0n) is 11.0. The summed E-state index contributed by atoms with van der Waals surface area (Å²) in [5, 5.41) is -0.471. The fourth-order valence-electron chi connectivity index (χ4n) is 1.92. The minimum Gasteiger partial charge on any atom is -0.493 e. The van der Waals surface area contributed by atoms with Crippen LogP contribution in [0.3, 0.4) is 0 Å². The van der Waals surface area contributed by atoms with Crippen molar-refractivity contribution >= 4 is 27.5 Å². The Balaban J connectivity index is 2.39. The standard InChI is InChI=1S/C15H13BrClFO2/c1-19-13-4-3-9(7-14(13)20-2)15(17)10-5-11(16)8-12(18)6-10/h3-8,15H,1-2H3. The first-order chi connectivity index (χ1) is 9.55. The first-order valence-electron chi connectivity index (χ1n) is 5.87. The summed E-state index contributed by atoms with van der Waals surface area (Å²) in [7, 11) is 3.13. The minimum atomic E-state index is -0.471. The van der Waals surface area contributed by atoms with E-state index in [9.17, 15) is 4.39 Å². The van der Waals surface area contributed by atoms with Crippen molar-refractivity contribution < 1.29 is 13.9 Å². The van der Waals surface area contributed by atoms with Crippen molar-refractivity contribution in [2.24, 2.45) is 0 Å². The molecule has 1 unspecified atom stereocenters. The molecule has 0 spiro atoms. The van der Waals surface area contributed by atoms with Crippen LogP contribution in [0.2, 0.25) is 0 Å². The van der Waals surface area contributed by atoms with Gasteiger partial charge in [0.2, 0.25) is 0 Å². The molecular formula is C15H13BrClFO2. The third kappa shape index (κ3) is 3.25. The molecule has 0 amide bonds. The van der Waals surface area contributed by atoms with Crippen LogP contribution in [0.4, 0.5) is 4.39 Å². The highest BCUT2D eigenvalue weighted by molar-refractivity contribution is 9.10. The van der Waals surface area contributed by atoms with E-state index in [1.165, 1.54) is 12.1 Å². The molecule has 0 radical (unpaired) electrons. The van der Waals surface area contributed by atoms with Crippen molar-refractivity contribution in [2.75, 3.05) is 14.2 Å². The molecule has 0 fully saturated rings. The number of methoxy groups -OCH3 is 2. The Morgan fingerprint density at radius 3 is 2.30 bits per heavy atom. The lowest BCUT2D eigenvalue weighted by molar-refractivity contribution is 0.354. The summed E-state index contributed by atoms with van der Waals surface area (Å²) in [5.74, 6) is 0.882. The van der Waals surface area contributed by atoms with Gasteiger partial charge in [-0.25, -0.2) is 4.39 Å². The lowest BCUT2D eigenvalue weighted by atomic mass is 10.0. The van der Waals surface area contributed by atoms with Gasteiger partial charge in [-0.3, -0.25) is 0 Å². The summed E-state index contributed by atoms with van der Waals surface area (Å²) >= 11 is 9.68. The van der Waals surface area contributed by atoms with Gasteiger partial charge in [-0.05, 0) is 41.5 Å². The molecule has 2 nitrogen and oxygen atoms in total. The van der Waals surface area contributed by atoms with E-state index in [2.05, 4.69) is 15.9 Å². The molecule has 0 saturated carbocycles. The molecule has 1 atom stereocenters. The Morgan fingerprint density at radius 2 is 1.70 bits per heavy atom. The molecule has 0 aliphatic heterocycles. The molecular weight excluding hydrogens is 347 g/mol. The average Bonchev–Trinajstić information content (AvgIpc) is 2.44. The molecule has 0 N–H and O–H groups in total. The van der Waals surface area contributed by atoms with Crippen molar-refractivity contribution in [3.8, 4) is 11.5 Å². The summed E-state index contributed by atoms with van der Waals surface area (Å²) in [4.78, 5) is 0. The molecule has 2 aromatic carbocycles. The second-order valence-electron chi connectivity index (χ2n) is 4.18. The zero-order valence-corrected chi connectivity index (χ0v) is 13.3. The molecule has 5 heteroatoms. The van der Waals surface area contributed by atoms with Gasteiger partial charge in [-0.1, -0.05) is 22.0 Å². The maximum absolute atomic E-state index is 13.4. The van der Waals surface area contributed by atoms with E-state index in [-0.39, 0.29) is 5.82 Å². The summed E-state index contributed by atoms with van der Waals surface area (Å²) in [5.41, 5.74) is 1.48. The monoisotopic (exact) mass is 358 g/mol. The normalized spacial score (nSPS) is 12.1. The zero-order chi connectivity index (χ0) is 14.7. The highest BCUT2D eigenvalue weighted by Crippen LogP contribution is 2.36. The van der Waals surface area contributed by atoms with E-state index in [0.717, 1.165) is 5.56 Å². The number of halogens is 3. The number of hydrogen-bond acceptors (Lipinski definition) is 2. The lowest BCUT2D eigenvalue weighted by Crippen LogP contribution is -1.97. The molecule has 0 aliphatic carbocycles. The Labute approximate surface area is 130 Å². The molecule has 0 heterocycles. The highest BCUT2D eigenvalue weighted by atomic mass is 79.9. The fraction of sp³-hybridized carbons (Fsp3) is 0.200. The van der Waals surface area contributed by atoms with Crippen molar-refractivity contribution in [3.63, 3.8) is 0 Å². The SMILES string of the molecule is COc1ccc(C(Cl)c2cc(F)cc(Br)c2)cc1OC. The predicted molar refractivity (Wildman–Crippen MR) is 81.3 cm³/mol. The maximum Gasteiger partial charge on any atom is 0.161 e. The van der Waals surface area contributed by atoms with Crippen molar-refractivity contribution in [1.29, 1.82) is 0 Å². The fourth-order valence-corrected chi connectivity index (χ4v) is 2.67. The van der Waals surface area contributed by atoms with Crippen LogP contribution >= 0.6 is 27.5 Å². The molecule has 20 heavy (non-hydrogen) atoms. The van der Waals surface area contributed by atoms with Gasteiger partial charge in [0.05, 0.1) is 19.6 Å². The number of rotatable bonds is 4. The predicted octanol–water partition coefficient (Wildman–Crippen LogP) is 4.93. The molecule has 0 saturated heterocycles. The van der Waals surface area contributed by atoms with Gasteiger partial charge in [0.25, 0.3) is 0 Å². The van der Waals surface area contributed by atoms with Crippen molar-refractivity contribution in [3.05, 3.63) is 57.8 Å². The van der Waals surface area contributed by atoms with E-state index >= 15 is 0 Å². The number of benzene rings is 2. The summed E-state index contributed by atoms with van der Waals surface area (Å²) in [6, 6.07) is 9.99. The van der Waals surface area contributed by atoms with Gasteiger partial charge in [0.15, 0.2) is 11.5 Å². The van der Waals surface area contributed by atoms with E-state index in [1.54, 1.807) is 32.4 Å². The quantitative estimate of drug-likeness (QED) is 0.720. The minimum absolute atomic E-state index is 0.333. The highest BCUT2D eigenvalue weighted by Gasteiger charge is 2.15. The Hall–Kier alpha value is -1.26. The van der Waals surface area contributed by atoms with Crippen LogP contribution in [0, 0.1) is 5.82 Å². The van der Waals surface area contributed by atoms with Gasteiger partial charge in [-0.2, -0.15) is 0 Å². The first kappa shape index (κ1) is 15.1. The molecule has 2 aromatic rings.